The van der Waals surface area contributed by atoms with E-state index in [4.69, 9.17) is 15.2 Å². The van der Waals surface area contributed by atoms with Gasteiger partial charge in [0, 0.05) is 24.6 Å². The summed E-state index contributed by atoms with van der Waals surface area (Å²) in [6, 6.07) is 4.63. The summed E-state index contributed by atoms with van der Waals surface area (Å²) in [5, 5.41) is 9.28. The number of nitrogen functional groups attached to an aromatic ring is 1. The number of hydrogen-bond donors (Lipinski definition) is 3. The van der Waals surface area contributed by atoms with E-state index in [-0.39, 0.29) is 13.2 Å². The topological polar surface area (TPSA) is 120 Å². The fourth-order valence-electron chi connectivity index (χ4n) is 2.00. The normalized spacial score (nSPS) is 12.1. The molecule has 124 valence electrons. The number of aliphatic hydroxyl groups is 1. The molecule has 0 bridgehead atoms. The van der Waals surface area contributed by atoms with E-state index < -0.39 is 23.3 Å². The van der Waals surface area contributed by atoms with Crippen LogP contribution in [-0.4, -0.2) is 28.4 Å². The lowest BCUT2D eigenvalue weighted by Gasteiger charge is -2.19. The van der Waals surface area contributed by atoms with E-state index in [1.165, 1.54) is 19.2 Å². The highest BCUT2D eigenvalue weighted by Crippen LogP contribution is 2.22. The van der Waals surface area contributed by atoms with Crippen LogP contribution in [0.15, 0.2) is 34.0 Å². The zero-order valence-electron chi connectivity index (χ0n) is 12.3. The number of aromatic nitrogens is 2. The van der Waals surface area contributed by atoms with Gasteiger partial charge in [0.05, 0.1) is 6.61 Å². The number of H-pyrrole nitrogens is 1. The van der Waals surface area contributed by atoms with Gasteiger partial charge >= 0.3 is 5.69 Å². The Kier molecular flexibility index (Phi) is 5.14. The largest absolute Gasteiger partial charge is 0.488 e. The summed E-state index contributed by atoms with van der Waals surface area (Å²) >= 11 is 0. The summed E-state index contributed by atoms with van der Waals surface area (Å²) in [6.07, 6.45) is -0.468. The predicted octanol–water partition coefficient (Wildman–Crippen LogP) is -0.0258. The molecule has 23 heavy (non-hydrogen) atoms. The van der Waals surface area contributed by atoms with Crippen LogP contribution < -0.4 is 21.7 Å². The molecule has 0 spiro atoms. The number of benzene rings is 1. The third-order valence-corrected chi connectivity index (χ3v) is 3.16. The number of hydrogen-bond acceptors (Lipinski definition) is 6. The van der Waals surface area contributed by atoms with E-state index in [0.717, 1.165) is 0 Å². The summed E-state index contributed by atoms with van der Waals surface area (Å²) in [5.74, 6) is -0.806. The highest BCUT2D eigenvalue weighted by Gasteiger charge is 2.18. The van der Waals surface area contributed by atoms with E-state index in [1.807, 2.05) is 0 Å². The molecule has 0 saturated heterocycles. The number of anilines is 1. The van der Waals surface area contributed by atoms with Crippen molar-refractivity contribution < 1.29 is 19.0 Å². The lowest BCUT2D eigenvalue weighted by Crippen LogP contribution is -2.42. The maximum absolute atomic E-state index is 13.3. The number of aromatic amines is 1. The molecule has 4 N–H and O–H groups in total. The molecular weight excluding hydrogens is 309 g/mol. The maximum Gasteiger partial charge on any atom is 0.330 e. The molecule has 2 aromatic rings. The molecule has 0 radical (unpaired) electrons. The Bertz CT molecular complexity index is 802. The van der Waals surface area contributed by atoms with Crippen molar-refractivity contribution in [3.63, 3.8) is 0 Å². The van der Waals surface area contributed by atoms with Gasteiger partial charge in [-0.2, -0.15) is 4.39 Å². The molecule has 1 atom stereocenters. The Morgan fingerprint density at radius 1 is 1.43 bits per heavy atom. The molecule has 8 nitrogen and oxygen atoms in total. The summed E-state index contributed by atoms with van der Waals surface area (Å²) < 4.78 is 24.4. The number of rotatable bonds is 6. The van der Waals surface area contributed by atoms with E-state index in [2.05, 4.69) is 4.98 Å². The average Bonchev–Trinajstić information content (AvgIpc) is 2.55. The standard InChI is InChI=1S/C14H16FN3O5/c1-22-12(18-13(20)10(15)5-17-14(18)21)7-23-11-3-2-9(16)4-8(11)6-19/h2-5,12,19H,6-7,16H2,1H3,(H,17,21). The fourth-order valence-corrected chi connectivity index (χ4v) is 2.00. The smallest absolute Gasteiger partial charge is 0.330 e. The van der Waals surface area contributed by atoms with Gasteiger partial charge < -0.3 is 25.3 Å². The summed E-state index contributed by atoms with van der Waals surface area (Å²) in [4.78, 5) is 25.6. The van der Waals surface area contributed by atoms with Crippen LogP contribution in [-0.2, 0) is 11.3 Å². The minimum atomic E-state index is -1.15. The third kappa shape index (κ3) is 3.58. The van der Waals surface area contributed by atoms with Crippen molar-refractivity contribution in [3.05, 3.63) is 56.6 Å². The molecular formula is C14H16FN3O5. The van der Waals surface area contributed by atoms with Crippen LogP contribution in [0.4, 0.5) is 10.1 Å². The van der Waals surface area contributed by atoms with Crippen molar-refractivity contribution in [2.45, 2.75) is 12.8 Å². The number of halogens is 1. The van der Waals surface area contributed by atoms with E-state index in [1.54, 1.807) is 6.07 Å². The number of nitrogens with one attached hydrogen (secondary N) is 1. The highest BCUT2D eigenvalue weighted by molar-refractivity contribution is 5.47. The van der Waals surface area contributed by atoms with Crippen LogP contribution >= 0.6 is 0 Å². The Morgan fingerprint density at radius 2 is 2.17 bits per heavy atom. The van der Waals surface area contributed by atoms with Gasteiger partial charge in [0.15, 0.2) is 6.23 Å². The fraction of sp³-hybridized carbons (Fsp3) is 0.286. The molecule has 0 amide bonds. The molecule has 0 aliphatic rings. The van der Waals surface area contributed by atoms with Gasteiger partial charge in [0.1, 0.15) is 12.4 Å². The first kappa shape index (κ1) is 16.7. The van der Waals surface area contributed by atoms with Crippen LogP contribution in [0.3, 0.4) is 0 Å². The second-order valence-corrected chi connectivity index (χ2v) is 4.64. The minimum Gasteiger partial charge on any atom is -0.488 e. The second-order valence-electron chi connectivity index (χ2n) is 4.64. The zero-order chi connectivity index (χ0) is 17.0. The molecule has 2 rings (SSSR count). The molecule has 0 fully saturated rings. The van der Waals surface area contributed by atoms with Crippen molar-refractivity contribution in [3.8, 4) is 5.75 Å². The Labute approximate surface area is 129 Å². The Morgan fingerprint density at radius 3 is 2.83 bits per heavy atom. The average molecular weight is 325 g/mol. The van der Waals surface area contributed by atoms with Gasteiger partial charge in [-0.05, 0) is 18.2 Å². The lowest BCUT2D eigenvalue weighted by molar-refractivity contribution is -0.00135. The van der Waals surface area contributed by atoms with Crippen LogP contribution in [0.25, 0.3) is 0 Å². The summed E-state index contributed by atoms with van der Waals surface area (Å²) in [5.41, 5.74) is 4.54. The third-order valence-electron chi connectivity index (χ3n) is 3.16. The second kappa shape index (κ2) is 7.07. The van der Waals surface area contributed by atoms with Gasteiger partial charge in [-0.3, -0.25) is 4.79 Å². The lowest BCUT2D eigenvalue weighted by atomic mass is 10.2. The predicted molar refractivity (Wildman–Crippen MR) is 79.6 cm³/mol. The molecule has 9 heteroatoms. The number of methoxy groups -OCH3 is 1. The van der Waals surface area contributed by atoms with Gasteiger partial charge in [0.2, 0.25) is 5.82 Å². The van der Waals surface area contributed by atoms with Crippen molar-refractivity contribution in [1.82, 2.24) is 9.55 Å². The number of nitrogens with two attached hydrogens (primary N) is 1. The van der Waals surface area contributed by atoms with Crippen molar-refractivity contribution in [2.75, 3.05) is 19.5 Å². The SMILES string of the molecule is COC(COc1ccc(N)cc1CO)n1c(=O)[nH]cc(F)c1=O. The first-order valence-corrected chi connectivity index (χ1v) is 6.62. The van der Waals surface area contributed by atoms with E-state index in [9.17, 15) is 19.1 Å². The van der Waals surface area contributed by atoms with Crippen LogP contribution in [0, 0.1) is 5.82 Å². The van der Waals surface area contributed by atoms with Gasteiger partial charge in [-0.15, -0.1) is 0 Å². The Hall–Kier alpha value is -2.65. The first-order chi connectivity index (χ1) is 11.0. The first-order valence-electron chi connectivity index (χ1n) is 6.62. The zero-order valence-corrected chi connectivity index (χ0v) is 12.3. The van der Waals surface area contributed by atoms with Gasteiger partial charge in [-0.1, -0.05) is 0 Å². The maximum atomic E-state index is 13.3. The monoisotopic (exact) mass is 325 g/mol. The molecule has 1 aromatic carbocycles. The van der Waals surface area contributed by atoms with Gasteiger partial charge in [-0.25, -0.2) is 9.36 Å². The quantitative estimate of drug-likeness (QED) is 0.642. The minimum absolute atomic E-state index is 0.250. The molecule has 1 aromatic heterocycles. The molecule has 0 saturated carbocycles. The van der Waals surface area contributed by atoms with Crippen LogP contribution in [0.5, 0.6) is 5.75 Å². The summed E-state index contributed by atoms with van der Waals surface area (Å²) in [6.45, 7) is -0.557. The van der Waals surface area contributed by atoms with Crippen molar-refractivity contribution in [1.29, 1.82) is 0 Å². The summed E-state index contributed by atoms with van der Waals surface area (Å²) in [7, 11) is 1.25. The molecule has 0 aliphatic heterocycles. The van der Waals surface area contributed by atoms with Crippen molar-refractivity contribution >= 4 is 5.69 Å². The highest BCUT2D eigenvalue weighted by atomic mass is 19.1. The molecule has 1 heterocycles. The number of nitrogens with zero attached hydrogens (tertiary/aromatic N) is 1. The van der Waals surface area contributed by atoms with E-state index >= 15 is 0 Å². The van der Waals surface area contributed by atoms with Crippen LogP contribution in [0.2, 0.25) is 0 Å². The Balaban J connectivity index is 2.27. The molecule has 0 aliphatic carbocycles. The number of ether oxygens (including phenoxy) is 2. The van der Waals surface area contributed by atoms with Crippen LogP contribution in [0.1, 0.15) is 11.8 Å². The van der Waals surface area contributed by atoms with Gasteiger partial charge in [0.25, 0.3) is 5.56 Å². The van der Waals surface area contributed by atoms with E-state index in [0.29, 0.717) is 27.8 Å². The number of aliphatic hydroxyl groups excluding tert-OH is 1. The van der Waals surface area contributed by atoms with Crippen molar-refractivity contribution in [2.24, 2.45) is 0 Å². The molecule has 1 unspecified atom stereocenters.